The summed E-state index contributed by atoms with van der Waals surface area (Å²) in [6.07, 6.45) is -1.65. The maximum Gasteiger partial charge on any atom is 0.129 e. The van der Waals surface area contributed by atoms with Gasteiger partial charge in [0.05, 0.1) is 11.4 Å². The summed E-state index contributed by atoms with van der Waals surface area (Å²) >= 11 is 0. The fourth-order valence-corrected chi connectivity index (χ4v) is 2.66. The van der Waals surface area contributed by atoms with Crippen LogP contribution in [0.2, 0.25) is 0 Å². The van der Waals surface area contributed by atoms with Crippen LogP contribution in [0, 0.1) is 0 Å². The number of pyridine rings is 1. The highest BCUT2D eigenvalue weighted by molar-refractivity contribution is 5.52. The van der Waals surface area contributed by atoms with Crippen molar-refractivity contribution in [3.63, 3.8) is 0 Å². The molecule has 2 rings (SSSR count). The molecule has 1 aliphatic heterocycles. The van der Waals surface area contributed by atoms with Gasteiger partial charge in [0.25, 0.3) is 0 Å². The minimum Gasteiger partial charge on any atom is -0.388 e. The second-order valence-electron chi connectivity index (χ2n) is 6.41. The molecule has 2 heterocycles. The number of hydrogen-bond acceptors (Lipinski definition) is 4. The monoisotopic (exact) mass is 295 g/mol. The van der Waals surface area contributed by atoms with Crippen LogP contribution in [-0.4, -0.2) is 54.5 Å². The van der Waals surface area contributed by atoms with Crippen LogP contribution in [0.15, 0.2) is 12.1 Å². The lowest BCUT2D eigenvalue weighted by Gasteiger charge is -2.35. The minimum absolute atomic E-state index is 0.338. The van der Waals surface area contributed by atoms with E-state index in [4.69, 9.17) is 4.98 Å². The van der Waals surface area contributed by atoms with Gasteiger partial charge in [0.1, 0.15) is 12.3 Å². The van der Waals surface area contributed by atoms with Crippen LogP contribution >= 0.6 is 0 Å². The summed E-state index contributed by atoms with van der Waals surface area (Å²) in [6, 6.07) is 4.10. The zero-order valence-corrected chi connectivity index (χ0v) is 13.4. The Bertz CT molecular complexity index is 479. The Balaban J connectivity index is 2.29. The number of halogens is 1. The van der Waals surface area contributed by atoms with E-state index in [1.165, 1.54) is 0 Å². The standard InChI is InChI=1S/C16H26FN3O/c1-11(2)13-5-6-15(14(18-13)9-19(3)4)20-8-7-12(17)16(21)10-20/h5-6,11-12,16,21H,7-10H2,1-4H3/t12-,16-/m0/s1. The molecule has 118 valence electrons. The molecule has 0 bridgehead atoms. The van der Waals surface area contributed by atoms with Crippen LogP contribution in [0.1, 0.15) is 37.6 Å². The number of nitrogens with zero attached hydrogens (tertiary/aromatic N) is 3. The lowest BCUT2D eigenvalue weighted by Crippen LogP contribution is -2.45. The highest BCUT2D eigenvalue weighted by Crippen LogP contribution is 2.27. The third-order valence-corrected chi connectivity index (χ3v) is 3.87. The summed E-state index contributed by atoms with van der Waals surface area (Å²) in [5.74, 6) is 0.377. The van der Waals surface area contributed by atoms with E-state index in [1.54, 1.807) is 0 Å². The Morgan fingerprint density at radius 1 is 1.43 bits per heavy atom. The van der Waals surface area contributed by atoms with Gasteiger partial charge in [-0.1, -0.05) is 13.8 Å². The van der Waals surface area contributed by atoms with Crippen molar-refractivity contribution in [1.82, 2.24) is 9.88 Å². The molecule has 0 saturated carbocycles. The first-order chi connectivity index (χ1) is 9.88. The number of hydrogen-bond donors (Lipinski definition) is 1. The van der Waals surface area contributed by atoms with Crippen molar-refractivity contribution in [2.24, 2.45) is 0 Å². The van der Waals surface area contributed by atoms with Crippen LogP contribution in [0.3, 0.4) is 0 Å². The minimum atomic E-state index is -1.11. The molecule has 0 unspecified atom stereocenters. The number of aromatic nitrogens is 1. The van der Waals surface area contributed by atoms with E-state index in [9.17, 15) is 9.50 Å². The van der Waals surface area contributed by atoms with Crippen molar-refractivity contribution in [2.75, 3.05) is 32.1 Å². The number of alkyl halides is 1. The molecule has 0 amide bonds. The van der Waals surface area contributed by atoms with Gasteiger partial charge in [-0.2, -0.15) is 0 Å². The highest BCUT2D eigenvalue weighted by Gasteiger charge is 2.28. The number of anilines is 1. The second kappa shape index (κ2) is 6.71. The average Bonchev–Trinajstić information content (AvgIpc) is 2.41. The molecule has 1 N–H and O–H groups in total. The maximum atomic E-state index is 13.4. The van der Waals surface area contributed by atoms with E-state index in [-0.39, 0.29) is 0 Å². The largest absolute Gasteiger partial charge is 0.388 e. The quantitative estimate of drug-likeness (QED) is 0.924. The fourth-order valence-electron chi connectivity index (χ4n) is 2.66. The third-order valence-electron chi connectivity index (χ3n) is 3.87. The Labute approximate surface area is 126 Å². The van der Waals surface area contributed by atoms with Crippen molar-refractivity contribution in [1.29, 1.82) is 0 Å². The van der Waals surface area contributed by atoms with E-state index in [2.05, 4.69) is 29.7 Å². The lowest BCUT2D eigenvalue weighted by molar-refractivity contribution is 0.0644. The van der Waals surface area contributed by atoms with E-state index in [0.29, 0.717) is 25.4 Å². The number of rotatable bonds is 4. The molecular weight excluding hydrogens is 269 g/mol. The topological polar surface area (TPSA) is 39.6 Å². The molecule has 1 fully saturated rings. The van der Waals surface area contributed by atoms with Crippen LogP contribution in [-0.2, 0) is 6.54 Å². The molecule has 0 aromatic carbocycles. The van der Waals surface area contributed by atoms with Gasteiger partial charge in [-0.25, -0.2) is 4.39 Å². The van der Waals surface area contributed by atoms with Crippen LogP contribution in [0.4, 0.5) is 10.1 Å². The van der Waals surface area contributed by atoms with E-state index in [1.807, 2.05) is 20.2 Å². The Hall–Kier alpha value is -1.20. The van der Waals surface area contributed by atoms with Crippen molar-refractivity contribution >= 4 is 5.69 Å². The molecule has 1 aliphatic rings. The molecule has 5 heteroatoms. The Morgan fingerprint density at radius 2 is 2.14 bits per heavy atom. The van der Waals surface area contributed by atoms with Gasteiger partial charge in [-0.3, -0.25) is 4.98 Å². The fraction of sp³-hybridized carbons (Fsp3) is 0.688. The summed E-state index contributed by atoms with van der Waals surface area (Å²) in [6.45, 7) is 5.95. The average molecular weight is 295 g/mol. The van der Waals surface area contributed by atoms with E-state index in [0.717, 1.165) is 23.6 Å². The SMILES string of the molecule is CC(C)c1ccc(N2CC[C@H](F)[C@@H](O)C2)c(CN(C)C)n1. The van der Waals surface area contributed by atoms with Gasteiger partial charge in [0, 0.05) is 25.3 Å². The summed E-state index contributed by atoms with van der Waals surface area (Å²) in [7, 11) is 4.02. The van der Waals surface area contributed by atoms with Gasteiger partial charge in [-0.05, 0) is 38.6 Å². The van der Waals surface area contributed by atoms with Gasteiger partial charge in [-0.15, -0.1) is 0 Å². The number of aliphatic hydroxyl groups is 1. The van der Waals surface area contributed by atoms with Crippen molar-refractivity contribution in [3.05, 3.63) is 23.5 Å². The summed E-state index contributed by atoms with van der Waals surface area (Å²) in [5, 5.41) is 9.78. The molecule has 21 heavy (non-hydrogen) atoms. The first-order valence-corrected chi connectivity index (χ1v) is 7.60. The molecule has 1 saturated heterocycles. The van der Waals surface area contributed by atoms with Gasteiger partial charge >= 0.3 is 0 Å². The molecular formula is C16H26FN3O. The predicted octanol–water partition coefficient (Wildman–Crippen LogP) is 2.18. The maximum absolute atomic E-state index is 13.4. The van der Waals surface area contributed by atoms with Crippen LogP contribution < -0.4 is 4.90 Å². The number of aliphatic hydroxyl groups excluding tert-OH is 1. The zero-order valence-electron chi connectivity index (χ0n) is 13.4. The van der Waals surface area contributed by atoms with Crippen molar-refractivity contribution in [2.45, 2.75) is 45.0 Å². The smallest absolute Gasteiger partial charge is 0.129 e. The molecule has 0 spiro atoms. The van der Waals surface area contributed by atoms with Gasteiger partial charge in [0.2, 0.25) is 0 Å². The highest BCUT2D eigenvalue weighted by atomic mass is 19.1. The normalized spacial score (nSPS) is 23.1. The summed E-state index contributed by atoms with van der Waals surface area (Å²) in [4.78, 5) is 8.90. The van der Waals surface area contributed by atoms with Crippen LogP contribution in [0.5, 0.6) is 0 Å². The molecule has 1 aromatic rings. The van der Waals surface area contributed by atoms with E-state index >= 15 is 0 Å². The van der Waals surface area contributed by atoms with Crippen molar-refractivity contribution < 1.29 is 9.50 Å². The first-order valence-electron chi connectivity index (χ1n) is 7.60. The van der Waals surface area contributed by atoms with E-state index < -0.39 is 12.3 Å². The van der Waals surface area contributed by atoms with Crippen molar-refractivity contribution in [3.8, 4) is 0 Å². The zero-order chi connectivity index (χ0) is 15.6. The van der Waals surface area contributed by atoms with Gasteiger partial charge < -0.3 is 14.9 Å². The molecule has 4 nitrogen and oxygen atoms in total. The number of piperidine rings is 1. The summed E-state index contributed by atoms with van der Waals surface area (Å²) in [5.41, 5.74) is 3.08. The summed E-state index contributed by atoms with van der Waals surface area (Å²) < 4.78 is 13.4. The predicted molar refractivity (Wildman–Crippen MR) is 83.4 cm³/mol. The second-order valence-corrected chi connectivity index (χ2v) is 6.41. The van der Waals surface area contributed by atoms with Gasteiger partial charge in [0.15, 0.2) is 0 Å². The molecule has 2 atom stereocenters. The number of β-amino-alcohol motifs (C(OH)–C–C–N with tert-alkyl or cyclic N) is 1. The molecule has 0 radical (unpaired) electrons. The third kappa shape index (κ3) is 3.92. The first kappa shape index (κ1) is 16.2. The lowest BCUT2D eigenvalue weighted by atomic mass is 10.0. The Kier molecular flexibility index (Phi) is 5.17. The molecule has 1 aromatic heterocycles. The molecule has 0 aliphatic carbocycles. The Morgan fingerprint density at radius 3 is 2.71 bits per heavy atom. The van der Waals surface area contributed by atoms with Crippen LogP contribution in [0.25, 0.3) is 0 Å².